The molecule has 3 rings (SSSR count). The van der Waals surface area contributed by atoms with Crippen molar-refractivity contribution >= 4 is 32.5 Å². The number of benzene rings is 2. The molecule has 7 heteroatoms. The average molecular weight is 360 g/mol. The van der Waals surface area contributed by atoms with E-state index in [-0.39, 0.29) is 4.90 Å². The lowest BCUT2D eigenvalue weighted by Crippen LogP contribution is -1.98. The molecule has 0 saturated carbocycles. The van der Waals surface area contributed by atoms with Gasteiger partial charge in [0.2, 0.25) is 0 Å². The molecule has 0 fully saturated rings. The number of thioether (sulfide) groups is 1. The van der Waals surface area contributed by atoms with Gasteiger partial charge < -0.3 is 4.74 Å². The Morgan fingerprint density at radius 2 is 1.96 bits per heavy atom. The zero-order valence-corrected chi connectivity index (χ0v) is 14.9. The second-order valence-electron chi connectivity index (χ2n) is 5.27. The predicted octanol–water partition coefficient (Wildman–Crippen LogP) is 3.33. The van der Waals surface area contributed by atoms with E-state index in [1.54, 1.807) is 37.1 Å². The third-order valence-corrected chi connectivity index (χ3v) is 5.69. The van der Waals surface area contributed by atoms with Gasteiger partial charge in [0.1, 0.15) is 17.1 Å². The quantitative estimate of drug-likeness (QED) is 0.513. The minimum Gasteiger partial charge on any atom is -0.497 e. The lowest BCUT2D eigenvalue weighted by atomic mass is 10.2. The number of rotatable bonds is 5. The Morgan fingerprint density at radius 1 is 1.12 bits per heavy atom. The van der Waals surface area contributed by atoms with Gasteiger partial charge in [-0.25, -0.2) is 18.4 Å². The van der Waals surface area contributed by atoms with Gasteiger partial charge >= 0.3 is 0 Å². The Labute approximate surface area is 145 Å². The topological polar surface area (TPSA) is 69.2 Å². The highest BCUT2D eigenvalue weighted by atomic mass is 32.2. The van der Waals surface area contributed by atoms with Gasteiger partial charge in [0.25, 0.3) is 0 Å². The maximum absolute atomic E-state index is 11.8. The second-order valence-corrected chi connectivity index (χ2v) is 8.25. The van der Waals surface area contributed by atoms with Crippen LogP contribution in [-0.2, 0) is 15.6 Å². The Bertz CT molecular complexity index is 988. The summed E-state index contributed by atoms with van der Waals surface area (Å²) in [4.78, 5) is 8.79. The third kappa shape index (κ3) is 3.68. The van der Waals surface area contributed by atoms with E-state index >= 15 is 0 Å². The summed E-state index contributed by atoms with van der Waals surface area (Å²) in [5.41, 5.74) is 1.83. The first-order valence-electron chi connectivity index (χ1n) is 7.18. The maximum atomic E-state index is 11.8. The van der Waals surface area contributed by atoms with Crippen LogP contribution in [0.4, 0.5) is 0 Å². The van der Waals surface area contributed by atoms with E-state index in [1.807, 2.05) is 24.3 Å². The SMILES string of the molecule is COc1cccc(CSc2ncnc3ccc(S(C)(=O)=O)cc23)c1. The lowest BCUT2D eigenvalue weighted by Gasteiger charge is -2.07. The van der Waals surface area contributed by atoms with Crippen LogP contribution in [0.2, 0.25) is 0 Å². The van der Waals surface area contributed by atoms with Crippen LogP contribution in [0.15, 0.2) is 58.7 Å². The fourth-order valence-electron chi connectivity index (χ4n) is 2.27. The molecule has 0 radical (unpaired) electrons. The number of hydrogen-bond donors (Lipinski definition) is 0. The molecule has 0 saturated heterocycles. The molecule has 0 spiro atoms. The van der Waals surface area contributed by atoms with E-state index in [9.17, 15) is 8.42 Å². The number of ether oxygens (including phenoxy) is 1. The molecule has 0 aliphatic rings. The zero-order chi connectivity index (χ0) is 17.2. The van der Waals surface area contributed by atoms with Crippen molar-refractivity contribution in [3.63, 3.8) is 0 Å². The van der Waals surface area contributed by atoms with Crippen LogP contribution in [0.1, 0.15) is 5.56 Å². The van der Waals surface area contributed by atoms with E-state index in [0.29, 0.717) is 5.75 Å². The molecule has 0 N–H and O–H groups in total. The molecule has 124 valence electrons. The van der Waals surface area contributed by atoms with Gasteiger partial charge in [-0.1, -0.05) is 12.1 Å². The standard InChI is InChI=1S/C17H16N2O3S2/c1-22-13-5-3-4-12(8-13)10-23-17-15-9-14(24(2,20)21)6-7-16(15)18-11-19-17/h3-9,11H,10H2,1-2H3. The molecule has 0 amide bonds. The average Bonchev–Trinajstić information content (AvgIpc) is 2.58. The first-order chi connectivity index (χ1) is 11.5. The van der Waals surface area contributed by atoms with Crippen molar-refractivity contribution in [2.24, 2.45) is 0 Å². The zero-order valence-electron chi connectivity index (χ0n) is 13.3. The van der Waals surface area contributed by atoms with Gasteiger partial charge in [-0.2, -0.15) is 0 Å². The summed E-state index contributed by atoms with van der Waals surface area (Å²) in [5, 5.41) is 1.50. The maximum Gasteiger partial charge on any atom is 0.175 e. The highest BCUT2D eigenvalue weighted by molar-refractivity contribution is 7.98. The smallest absolute Gasteiger partial charge is 0.175 e. The van der Waals surface area contributed by atoms with E-state index in [2.05, 4.69) is 9.97 Å². The van der Waals surface area contributed by atoms with Crippen LogP contribution in [-0.4, -0.2) is 31.8 Å². The van der Waals surface area contributed by atoms with Gasteiger partial charge in [0, 0.05) is 17.4 Å². The highest BCUT2D eigenvalue weighted by Gasteiger charge is 2.11. The molecule has 0 aliphatic carbocycles. The number of aromatic nitrogens is 2. The fraction of sp³-hybridized carbons (Fsp3) is 0.176. The molecule has 2 aromatic carbocycles. The van der Waals surface area contributed by atoms with E-state index in [1.165, 1.54) is 12.6 Å². The minimum absolute atomic E-state index is 0.271. The molecule has 0 aliphatic heterocycles. The Morgan fingerprint density at radius 3 is 2.71 bits per heavy atom. The minimum atomic E-state index is -3.27. The number of sulfone groups is 1. The van der Waals surface area contributed by atoms with Crippen LogP contribution in [0, 0.1) is 0 Å². The predicted molar refractivity (Wildman–Crippen MR) is 95.2 cm³/mol. The molecule has 0 unspecified atom stereocenters. The summed E-state index contributed by atoms with van der Waals surface area (Å²) in [6.07, 6.45) is 2.69. The van der Waals surface area contributed by atoms with Gasteiger partial charge in [0.05, 0.1) is 17.5 Å². The molecular formula is C17H16N2O3S2. The lowest BCUT2D eigenvalue weighted by molar-refractivity contribution is 0.414. The Kier molecular flexibility index (Phi) is 4.73. The Balaban J connectivity index is 1.93. The van der Waals surface area contributed by atoms with Gasteiger partial charge in [0.15, 0.2) is 9.84 Å². The third-order valence-electron chi connectivity index (χ3n) is 3.51. The molecule has 3 aromatic rings. The summed E-state index contributed by atoms with van der Waals surface area (Å²) in [6.45, 7) is 0. The number of methoxy groups -OCH3 is 1. The van der Waals surface area contributed by atoms with Crippen molar-refractivity contribution in [1.29, 1.82) is 0 Å². The summed E-state index contributed by atoms with van der Waals surface area (Å²) in [5.74, 6) is 1.51. The molecular weight excluding hydrogens is 344 g/mol. The van der Waals surface area contributed by atoms with Crippen LogP contribution in [0.3, 0.4) is 0 Å². The largest absolute Gasteiger partial charge is 0.497 e. The molecule has 1 heterocycles. The summed E-state index contributed by atoms with van der Waals surface area (Å²) in [6, 6.07) is 12.7. The first kappa shape index (κ1) is 16.7. The van der Waals surface area contributed by atoms with E-state index < -0.39 is 9.84 Å². The van der Waals surface area contributed by atoms with Crippen molar-refractivity contribution in [3.8, 4) is 5.75 Å². The van der Waals surface area contributed by atoms with E-state index in [0.717, 1.165) is 27.2 Å². The summed E-state index contributed by atoms with van der Waals surface area (Å²) in [7, 11) is -1.63. The summed E-state index contributed by atoms with van der Waals surface area (Å²) < 4.78 is 28.8. The second kappa shape index (κ2) is 6.78. The van der Waals surface area contributed by atoms with Crippen molar-refractivity contribution < 1.29 is 13.2 Å². The van der Waals surface area contributed by atoms with Gasteiger partial charge in [-0.05, 0) is 35.9 Å². The molecule has 0 bridgehead atoms. The highest BCUT2D eigenvalue weighted by Crippen LogP contribution is 2.29. The number of nitrogens with zero attached hydrogens (tertiary/aromatic N) is 2. The van der Waals surface area contributed by atoms with Crippen LogP contribution in [0.5, 0.6) is 5.75 Å². The van der Waals surface area contributed by atoms with E-state index in [4.69, 9.17) is 4.74 Å². The van der Waals surface area contributed by atoms with Crippen molar-refractivity contribution in [3.05, 3.63) is 54.4 Å². The van der Waals surface area contributed by atoms with Crippen LogP contribution < -0.4 is 4.74 Å². The normalized spacial score (nSPS) is 11.6. The first-order valence-corrected chi connectivity index (χ1v) is 10.1. The van der Waals surface area contributed by atoms with Gasteiger partial charge in [-0.3, -0.25) is 0 Å². The van der Waals surface area contributed by atoms with Crippen molar-refractivity contribution in [1.82, 2.24) is 9.97 Å². The van der Waals surface area contributed by atoms with Crippen LogP contribution in [0.25, 0.3) is 10.9 Å². The number of hydrogen-bond acceptors (Lipinski definition) is 6. The molecule has 24 heavy (non-hydrogen) atoms. The van der Waals surface area contributed by atoms with Crippen molar-refractivity contribution in [2.75, 3.05) is 13.4 Å². The molecule has 5 nitrogen and oxygen atoms in total. The summed E-state index contributed by atoms with van der Waals surface area (Å²) >= 11 is 1.54. The number of fused-ring (bicyclic) bond motifs is 1. The molecule has 0 atom stereocenters. The molecule has 1 aromatic heterocycles. The van der Waals surface area contributed by atoms with Gasteiger partial charge in [-0.15, -0.1) is 11.8 Å². The monoisotopic (exact) mass is 360 g/mol. The van der Waals surface area contributed by atoms with Crippen molar-refractivity contribution in [2.45, 2.75) is 15.7 Å². The Hall–Kier alpha value is -2.12. The fourth-order valence-corrected chi connectivity index (χ4v) is 3.84. The van der Waals surface area contributed by atoms with Crippen LogP contribution >= 0.6 is 11.8 Å².